The van der Waals surface area contributed by atoms with Gasteiger partial charge in [0.15, 0.2) is 5.96 Å². The fourth-order valence-electron chi connectivity index (χ4n) is 3.95. The minimum absolute atomic E-state index is 0.0738. The Morgan fingerprint density at radius 1 is 1.05 bits per heavy atom. The summed E-state index contributed by atoms with van der Waals surface area (Å²) in [5.41, 5.74) is 18.3. The van der Waals surface area contributed by atoms with Crippen LogP contribution < -0.4 is 27.8 Å². The molecule has 0 bridgehead atoms. The second-order valence-electron chi connectivity index (χ2n) is 8.75. The number of carbonyl (C=O) groups excluding carboxylic acids is 3. The van der Waals surface area contributed by atoms with Gasteiger partial charge in [-0.05, 0) is 24.0 Å². The lowest BCUT2D eigenvalue weighted by Crippen LogP contribution is -2.60. The van der Waals surface area contributed by atoms with Gasteiger partial charge >= 0.3 is 11.9 Å². The van der Waals surface area contributed by atoms with Crippen molar-refractivity contribution < 1.29 is 39.3 Å². The summed E-state index contributed by atoms with van der Waals surface area (Å²) >= 11 is 0. The van der Waals surface area contributed by atoms with Crippen molar-refractivity contribution in [1.82, 2.24) is 15.5 Å². The van der Waals surface area contributed by atoms with Gasteiger partial charge in [0.05, 0.1) is 19.1 Å². The molecule has 15 heteroatoms. The van der Waals surface area contributed by atoms with Crippen molar-refractivity contribution in [3.8, 4) is 0 Å². The van der Waals surface area contributed by atoms with Gasteiger partial charge in [0.1, 0.15) is 18.1 Å². The molecule has 4 atom stereocenters. The van der Waals surface area contributed by atoms with Gasteiger partial charge in [0.2, 0.25) is 17.7 Å². The summed E-state index contributed by atoms with van der Waals surface area (Å²) in [7, 11) is 0. The number of amides is 3. The highest BCUT2D eigenvalue weighted by Crippen LogP contribution is 2.24. The average Bonchev–Trinajstić information content (AvgIpc) is 2.87. The number of fused-ring (bicyclic) bond motifs is 1. The molecule has 15 nitrogen and oxygen atoms in total. The van der Waals surface area contributed by atoms with E-state index in [1.807, 2.05) is 11.4 Å². The molecule has 0 radical (unpaired) electrons. The third kappa shape index (κ3) is 8.41. The summed E-state index contributed by atoms with van der Waals surface area (Å²) in [6.07, 6.45) is -0.148. The Balaban J connectivity index is 2.19. The maximum absolute atomic E-state index is 13.3. The van der Waals surface area contributed by atoms with Crippen LogP contribution in [0.1, 0.15) is 30.4 Å². The zero-order valence-corrected chi connectivity index (χ0v) is 20.6. The van der Waals surface area contributed by atoms with Crippen molar-refractivity contribution in [1.29, 1.82) is 0 Å². The van der Waals surface area contributed by atoms with E-state index in [-0.39, 0.29) is 31.9 Å². The Morgan fingerprint density at radius 2 is 1.71 bits per heavy atom. The number of guanidine groups is 1. The van der Waals surface area contributed by atoms with E-state index in [2.05, 4.69) is 10.3 Å². The number of benzene rings is 1. The van der Waals surface area contributed by atoms with Crippen molar-refractivity contribution in [3.05, 3.63) is 35.4 Å². The monoisotopic (exact) mass is 535 g/mol. The SMILES string of the molecule is NC(N)=NCCC[C@@H](N)C(=O)N1Cc2ccccc2C[C@H]1C(=O)N[C@@H](CO)C(=O)N[C@@H](CC(=O)O)C(=O)O. The first-order chi connectivity index (χ1) is 17.9. The molecule has 0 spiro atoms. The predicted molar refractivity (Wildman–Crippen MR) is 133 cm³/mol. The summed E-state index contributed by atoms with van der Waals surface area (Å²) in [6, 6.07) is 1.76. The lowest BCUT2D eigenvalue weighted by molar-refractivity contribution is -0.148. The molecule has 0 unspecified atom stereocenters. The Hall–Kier alpha value is -4.24. The number of carbonyl (C=O) groups is 5. The maximum atomic E-state index is 13.3. The fourth-order valence-corrected chi connectivity index (χ4v) is 3.95. The van der Waals surface area contributed by atoms with E-state index < -0.39 is 66.9 Å². The van der Waals surface area contributed by atoms with Crippen LogP contribution in [0.4, 0.5) is 0 Å². The highest BCUT2D eigenvalue weighted by molar-refractivity contribution is 5.95. The van der Waals surface area contributed by atoms with Gasteiger partial charge < -0.3 is 48.1 Å². The molecule has 11 N–H and O–H groups in total. The molecule has 0 aliphatic carbocycles. The molecule has 3 amide bonds. The number of carboxylic acids is 2. The van der Waals surface area contributed by atoms with Gasteiger partial charge in [-0.25, -0.2) is 4.79 Å². The Kier molecular flexibility index (Phi) is 11.0. The standard InChI is InChI=1S/C23H33N7O8/c24-14(6-3-7-27-23(25)26)21(36)30-10-13-5-2-1-4-12(13)8-17(30)20(35)29-16(11-31)19(34)28-15(22(37)38)9-18(32)33/h1-2,4-5,14-17,31H,3,6-11,24H2,(H,28,34)(H,29,35)(H,32,33)(H,37,38)(H4,25,26,27)/t14-,15+,16+,17+/m1/s1. The number of hydrogen-bond acceptors (Lipinski definition) is 8. The number of rotatable bonds is 13. The van der Waals surface area contributed by atoms with Crippen LogP contribution in [0.5, 0.6) is 0 Å². The number of nitrogens with zero attached hydrogens (tertiary/aromatic N) is 2. The number of nitrogens with two attached hydrogens (primary N) is 3. The van der Waals surface area contributed by atoms with Crippen molar-refractivity contribution in [3.63, 3.8) is 0 Å². The topological polar surface area (TPSA) is 264 Å². The van der Waals surface area contributed by atoms with Gasteiger partial charge in [0.25, 0.3) is 0 Å². The van der Waals surface area contributed by atoms with Crippen LogP contribution in [-0.4, -0.2) is 93.2 Å². The summed E-state index contributed by atoms with van der Waals surface area (Å²) in [4.78, 5) is 66.3. The minimum atomic E-state index is -1.78. The number of aliphatic hydroxyl groups is 1. The molecule has 1 aromatic carbocycles. The van der Waals surface area contributed by atoms with Crippen LogP contribution in [-0.2, 0) is 36.9 Å². The molecule has 1 aromatic rings. The smallest absolute Gasteiger partial charge is 0.326 e. The molecular formula is C23H33N7O8. The summed E-state index contributed by atoms with van der Waals surface area (Å²) in [5, 5.41) is 32.0. The molecule has 0 saturated carbocycles. The van der Waals surface area contributed by atoms with E-state index in [1.54, 1.807) is 18.2 Å². The first-order valence-corrected chi connectivity index (χ1v) is 11.8. The molecule has 1 heterocycles. The first-order valence-electron chi connectivity index (χ1n) is 11.8. The fraction of sp³-hybridized carbons (Fsp3) is 0.478. The number of aliphatic imine (C=N–C) groups is 1. The van der Waals surface area contributed by atoms with Crippen LogP contribution >= 0.6 is 0 Å². The molecular weight excluding hydrogens is 502 g/mol. The van der Waals surface area contributed by atoms with E-state index in [0.29, 0.717) is 6.42 Å². The van der Waals surface area contributed by atoms with Gasteiger partial charge in [-0.15, -0.1) is 0 Å². The van der Waals surface area contributed by atoms with E-state index in [0.717, 1.165) is 11.1 Å². The van der Waals surface area contributed by atoms with E-state index in [1.165, 1.54) is 4.90 Å². The lowest BCUT2D eigenvalue weighted by Gasteiger charge is -2.38. The van der Waals surface area contributed by atoms with Crippen molar-refractivity contribution in [2.45, 2.75) is 56.4 Å². The highest BCUT2D eigenvalue weighted by Gasteiger charge is 2.38. The largest absolute Gasteiger partial charge is 0.481 e. The van der Waals surface area contributed by atoms with Crippen LogP contribution in [0.15, 0.2) is 29.3 Å². The summed E-state index contributed by atoms with van der Waals surface area (Å²) in [6.45, 7) is -0.564. The quantitative estimate of drug-likeness (QED) is 0.0709. The second-order valence-corrected chi connectivity index (χ2v) is 8.75. The van der Waals surface area contributed by atoms with Gasteiger partial charge in [0, 0.05) is 19.5 Å². The predicted octanol–water partition coefficient (Wildman–Crippen LogP) is -3.16. The molecule has 2 rings (SSSR count). The number of nitrogens with one attached hydrogen (secondary N) is 2. The number of hydrogen-bond donors (Lipinski definition) is 8. The van der Waals surface area contributed by atoms with Crippen LogP contribution in [0.3, 0.4) is 0 Å². The molecule has 1 aliphatic rings. The molecule has 208 valence electrons. The first kappa shape index (κ1) is 30.0. The van der Waals surface area contributed by atoms with E-state index in [4.69, 9.17) is 27.4 Å². The van der Waals surface area contributed by atoms with Gasteiger partial charge in [-0.2, -0.15) is 0 Å². The third-order valence-electron chi connectivity index (χ3n) is 5.93. The van der Waals surface area contributed by atoms with Crippen LogP contribution in [0.2, 0.25) is 0 Å². The summed E-state index contributed by atoms with van der Waals surface area (Å²) < 4.78 is 0. The minimum Gasteiger partial charge on any atom is -0.481 e. The molecule has 0 fully saturated rings. The normalized spacial score (nSPS) is 16.8. The Morgan fingerprint density at radius 3 is 2.29 bits per heavy atom. The molecule has 1 aliphatic heterocycles. The van der Waals surface area contributed by atoms with E-state index >= 15 is 0 Å². The molecule has 0 saturated heterocycles. The third-order valence-corrected chi connectivity index (χ3v) is 5.93. The second kappa shape index (κ2) is 13.9. The Bertz CT molecular complexity index is 1080. The lowest BCUT2D eigenvalue weighted by atomic mass is 9.92. The Labute approximate surface area is 218 Å². The van der Waals surface area contributed by atoms with Crippen molar-refractivity contribution in [2.75, 3.05) is 13.2 Å². The van der Waals surface area contributed by atoms with Crippen molar-refractivity contribution in [2.24, 2.45) is 22.2 Å². The van der Waals surface area contributed by atoms with Crippen molar-refractivity contribution >= 4 is 35.6 Å². The maximum Gasteiger partial charge on any atom is 0.326 e. The summed E-state index contributed by atoms with van der Waals surface area (Å²) in [5.74, 6) is -5.54. The zero-order valence-electron chi connectivity index (χ0n) is 20.6. The molecule has 0 aromatic heterocycles. The average molecular weight is 536 g/mol. The number of aliphatic carboxylic acids is 2. The number of aliphatic hydroxyl groups excluding tert-OH is 1. The van der Waals surface area contributed by atoms with Gasteiger partial charge in [-0.3, -0.25) is 24.2 Å². The highest BCUT2D eigenvalue weighted by atomic mass is 16.4. The van der Waals surface area contributed by atoms with Crippen LogP contribution in [0.25, 0.3) is 0 Å². The van der Waals surface area contributed by atoms with Gasteiger partial charge in [-0.1, -0.05) is 24.3 Å². The number of carboxylic acid groups (broad SMARTS) is 2. The van der Waals surface area contributed by atoms with Crippen LogP contribution in [0, 0.1) is 0 Å². The zero-order chi connectivity index (χ0) is 28.4. The van der Waals surface area contributed by atoms with E-state index in [9.17, 15) is 29.1 Å². The molecule has 38 heavy (non-hydrogen) atoms.